The zero-order valence-corrected chi connectivity index (χ0v) is 15.7. The third kappa shape index (κ3) is 3.72. The Kier molecular flexibility index (Phi) is 4.79. The molecule has 1 aliphatic carbocycles. The maximum atomic E-state index is 13.8. The van der Waals surface area contributed by atoms with Gasteiger partial charge in [0.25, 0.3) is 0 Å². The highest BCUT2D eigenvalue weighted by molar-refractivity contribution is 5.79. The van der Waals surface area contributed by atoms with E-state index in [0.29, 0.717) is 5.56 Å². The first-order valence-electron chi connectivity index (χ1n) is 9.39. The first-order valence-corrected chi connectivity index (χ1v) is 9.39. The number of anilines is 1. The van der Waals surface area contributed by atoms with Gasteiger partial charge in [0, 0.05) is 17.5 Å². The second-order valence-electron chi connectivity index (χ2n) is 7.67. The molecular formula is C23H22F3NO. The molecule has 0 radical (unpaired) electrons. The minimum Gasteiger partial charge on any atom is -0.273 e. The van der Waals surface area contributed by atoms with E-state index in [1.807, 2.05) is 31.2 Å². The van der Waals surface area contributed by atoms with Crippen LogP contribution in [0, 0.1) is 5.41 Å². The highest BCUT2D eigenvalue weighted by Gasteiger charge is 2.42. The SMILES string of the molecule is CC1(CON2CCc3ccccc32)C=CC(c2ccccc2)=C(C(F)(F)F)C1. The predicted octanol–water partition coefficient (Wildman–Crippen LogP) is 5.96. The van der Waals surface area contributed by atoms with Crippen molar-refractivity contribution in [3.8, 4) is 0 Å². The van der Waals surface area contributed by atoms with E-state index in [4.69, 9.17) is 4.84 Å². The number of fused-ring (bicyclic) bond motifs is 1. The Labute approximate surface area is 162 Å². The van der Waals surface area contributed by atoms with Crippen molar-refractivity contribution < 1.29 is 18.0 Å². The Balaban J connectivity index is 1.54. The molecule has 4 rings (SSSR count). The fraction of sp³-hybridized carbons (Fsp3) is 0.304. The molecule has 1 atom stereocenters. The van der Waals surface area contributed by atoms with E-state index in [0.717, 1.165) is 18.7 Å². The number of rotatable bonds is 4. The van der Waals surface area contributed by atoms with E-state index in [-0.39, 0.29) is 18.6 Å². The van der Waals surface area contributed by atoms with Crippen LogP contribution in [0.1, 0.15) is 24.5 Å². The molecule has 0 saturated heterocycles. The van der Waals surface area contributed by atoms with Gasteiger partial charge < -0.3 is 0 Å². The predicted molar refractivity (Wildman–Crippen MR) is 105 cm³/mol. The highest BCUT2D eigenvalue weighted by Crippen LogP contribution is 2.45. The van der Waals surface area contributed by atoms with Gasteiger partial charge in [-0.15, -0.1) is 0 Å². The van der Waals surface area contributed by atoms with Crippen LogP contribution in [0.4, 0.5) is 18.9 Å². The van der Waals surface area contributed by atoms with Gasteiger partial charge in [-0.05, 0) is 35.6 Å². The molecule has 1 aliphatic heterocycles. The Morgan fingerprint density at radius 2 is 1.75 bits per heavy atom. The lowest BCUT2D eigenvalue weighted by atomic mass is 9.77. The van der Waals surface area contributed by atoms with Crippen molar-refractivity contribution in [3.05, 3.63) is 83.4 Å². The number of nitrogens with zero attached hydrogens (tertiary/aromatic N) is 1. The summed E-state index contributed by atoms with van der Waals surface area (Å²) in [5, 5.41) is 1.80. The van der Waals surface area contributed by atoms with E-state index in [9.17, 15) is 13.2 Å². The van der Waals surface area contributed by atoms with Crippen LogP contribution in [0.3, 0.4) is 0 Å². The molecule has 146 valence electrons. The molecule has 0 saturated carbocycles. The van der Waals surface area contributed by atoms with Crippen LogP contribution in [0.15, 0.2) is 72.3 Å². The highest BCUT2D eigenvalue weighted by atomic mass is 19.4. The molecule has 0 aromatic heterocycles. The molecule has 28 heavy (non-hydrogen) atoms. The van der Waals surface area contributed by atoms with Crippen LogP contribution < -0.4 is 5.06 Å². The first kappa shape index (κ1) is 18.8. The van der Waals surface area contributed by atoms with Gasteiger partial charge >= 0.3 is 6.18 Å². The molecule has 0 spiro atoms. The number of hydrogen-bond donors (Lipinski definition) is 0. The molecule has 2 aromatic carbocycles. The Morgan fingerprint density at radius 3 is 2.50 bits per heavy atom. The fourth-order valence-corrected chi connectivity index (χ4v) is 3.85. The van der Waals surface area contributed by atoms with Crippen LogP contribution >= 0.6 is 0 Å². The summed E-state index contributed by atoms with van der Waals surface area (Å²) in [7, 11) is 0. The van der Waals surface area contributed by atoms with Crippen LogP contribution in [0.5, 0.6) is 0 Å². The number of allylic oxidation sites excluding steroid dienone is 3. The third-order valence-electron chi connectivity index (χ3n) is 5.38. The van der Waals surface area contributed by atoms with Gasteiger partial charge in [-0.25, -0.2) is 0 Å². The molecule has 0 N–H and O–H groups in total. The summed E-state index contributed by atoms with van der Waals surface area (Å²) in [6.07, 6.45) is -0.145. The molecule has 2 aromatic rings. The first-order chi connectivity index (χ1) is 13.4. The van der Waals surface area contributed by atoms with Crippen molar-refractivity contribution in [2.75, 3.05) is 18.2 Å². The number of hydroxylamine groups is 1. The lowest BCUT2D eigenvalue weighted by Gasteiger charge is -2.34. The maximum Gasteiger partial charge on any atom is 0.413 e. The monoisotopic (exact) mass is 385 g/mol. The Hall–Kier alpha value is -2.53. The molecule has 0 fully saturated rings. The quantitative estimate of drug-likeness (QED) is 0.644. The standard InChI is InChI=1S/C23H22F3NO/c1-22(16-28-27-14-12-18-9-5-6-10-21(18)27)13-11-19(17-7-3-2-4-8-17)20(15-22)23(24,25)26/h2-11,13H,12,14-16H2,1H3. The zero-order chi connectivity index (χ0) is 19.8. The Morgan fingerprint density at radius 1 is 1.04 bits per heavy atom. The second kappa shape index (κ2) is 7.13. The molecule has 5 heteroatoms. The van der Waals surface area contributed by atoms with Gasteiger partial charge in [-0.1, -0.05) is 67.6 Å². The van der Waals surface area contributed by atoms with Crippen molar-refractivity contribution in [2.45, 2.75) is 25.9 Å². The summed E-state index contributed by atoms with van der Waals surface area (Å²) >= 11 is 0. The molecule has 1 heterocycles. The largest absolute Gasteiger partial charge is 0.413 e. The van der Waals surface area contributed by atoms with Crippen LogP contribution in [-0.2, 0) is 11.3 Å². The lowest BCUT2D eigenvalue weighted by Crippen LogP contribution is -2.33. The molecule has 2 aliphatic rings. The third-order valence-corrected chi connectivity index (χ3v) is 5.38. The number of benzene rings is 2. The van der Waals surface area contributed by atoms with E-state index in [1.165, 1.54) is 5.56 Å². The fourth-order valence-electron chi connectivity index (χ4n) is 3.85. The minimum atomic E-state index is -4.38. The second-order valence-corrected chi connectivity index (χ2v) is 7.67. The van der Waals surface area contributed by atoms with Crippen molar-refractivity contribution in [2.24, 2.45) is 5.41 Å². The number of halogens is 3. The van der Waals surface area contributed by atoms with Gasteiger partial charge in [0.2, 0.25) is 0 Å². The van der Waals surface area contributed by atoms with Crippen LogP contribution in [0.25, 0.3) is 5.57 Å². The summed E-state index contributed by atoms with van der Waals surface area (Å²) in [6.45, 7) is 2.73. The summed E-state index contributed by atoms with van der Waals surface area (Å²) in [6, 6.07) is 16.7. The summed E-state index contributed by atoms with van der Waals surface area (Å²) in [4.78, 5) is 5.97. The van der Waals surface area contributed by atoms with E-state index in [1.54, 1.807) is 41.5 Å². The summed E-state index contributed by atoms with van der Waals surface area (Å²) in [5.41, 5.74) is 1.82. The molecule has 0 bridgehead atoms. The molecule has 2 nitrogen and oxygen atoms in total. The van der Waals surface area contributed by atoms with E-state index < -0.39 is 17.2 Å². The topological polar surface area (TPSA) is 12.5 Å². The normalized spacial score (nSPS) is 21.9. The molecular weight excluding hydrogens is 363 g/mol. The van der Waals surface area contributed by atoms with Crippen molar-refractivity contribution in [3.63, 3.8) is 0 Å². The van der Waals surface area contributed by atoms with Gasteiger partial charge in [-0.3, -0.25) is 9.90 Å². The lowest BCUT2D eigenvalue weighted by molar-refractivity contribution is -0.0973. The van der Waals surface area contributed by atoms with Crippen molar-refractivity contribution >= 4 is 11.3 Å². The molecule has 1 unspecified atom stereocenters. The molecule has 0 amide bonds. The van der Waals surface area contributed by atoms with Gasteiger partial charge in [0.1, 0.15) is 0 Å². The Bertz CT molecular complexity index is 917. The number of hydrogen-bond acceptors (Lipinski definition) is 2. The summed E-state index contributed by atoms with van der Waals surface area (Å²) < 4.78 is 41.4. The average molecular weight is 385 g/mol. The van der Waals surface area contributed by atoms with Gasteiger partial charge in [-0.2, -0.15) is 13.2 Å². The van der Waals surface area contributed by atoms with Gasteiger partial charge in [0.05, 0.1) is 12.3 Å². The van der Waals surface area contributed by atoms with Crippen LogP contribution in [0.2, 0.25) is 0 Å². The maximum absolute atomic E-state index is 13.8. The van der Waals surface area contributed by atoms with Crippen molar-refractivity contribution in [1.82, 2.24) is 0 Å². The average Bonchev–Trinajstić information content (AvgIpc) is 3.10. The van der Waals surface area contributed by atoms with E-state index >= 15 is 0 Å². The number of alkyl halides is 3. The smallest absolute Gasteiger partial charge is 0.273 e. The van der Waals surface area contributed by atoms with E-state index in [2.05, 4.69) is 6.07 Å². The van der Waals surface area contributed by atoms with Crippen molar-refractivity contribution in [1.29, 1.82) is 0 Å². The minimum absolute atomic E-state index is 0.104. The zero-order valence-electron chi connectivity index (χ0n) is 15.7. The number of para-hydroxylation sites is 1. The van der Waals surface area contributed by atoms with Gasteiger partial charge in [0.15, 0.2) is 0 Å². The summed E-state index contributed by atoms with van der Waals surface area (Å²) in [5.74, 6) is 0. The van der Waals surface area contributed by atoms with Crippen LogP contribution in [-0.4, -0.2) is 19.3 Å².